The lowest BCUT2D eigenvalue weighted by Gasteiger charge is -2.30. The summed E-state index contributed by atoms with van der Waals surface area (Å²) in [5.41, 5.74) is -0.0825. The third kappa shape index (κ3) is 6.69. The van der Waals surface area contributed by atoms with Crippen molar-refractivity contribution in [3.05, 3.63) is 24.2 Å². The van der Waals surface area contributed by atoms with Gasteiger partial charge in [0.15, 0.2) is 5.96 Å². The van der Waals surface area contributed by atoms with Gasteiger partial charge >= 0.3 is 0 Å². The van der Waals surface area contributed by atoms with Crippen molar-refractivity contribution in [2.45, 2.75) is 40.2 Å². The number of hydrogen-bond donors (Lipinski definition) is 3. The van der Waals surface area contributed by atoms with Crippen LogP contribution in [0.15, 0.2) is 27.8 Å². The molecule has 0 unspecified atom stereocenters. The molecule has 6 heteroatoms. The number of hydrogen-bond acceptors (Lipinski definition) is 3. The fraction of sp³-hybridized carbons (Fsp3) is 0.667. The number of rotatable bonds is 8. The van der Waals surface area contributed by atoms with Gasteiger partial charge in [-0.1, -0.05) is 13.8 Å². The standard InChI is InChI=1S/C15H27N3O2.HI/c1-4-15(5-2,12-19)11-18-14(16-6-3)17-10-13-8-7-9-20-13;/h7-9,19H,4-6,10-12H2,1-3H3,(H2,16,17,18);1H. The van der Waals surface area contributed by atoms with E-state index in [1.165, 1.54) is 0 Å². The molecule has 0 bridgehead atoms. The molecule has 1 aromatic heterocycles. The van der Waals surface area contributed by atoms with Crippen molar-refractivity contribution < 1.29 is 9.52 Å². The number of halogens is 1. The zero-order valence-corrected chi connectivity index (χ0v) is 15.5. The minimum Gasteiger partial charge on any atom is -0.467 e. The molecule has 1 rings (SSSR count). The van der Waals surface area contributed by atoms with Gasteiger partial charge in [-0.2, -0.15) is 0 Å². The highest BCUT2D eigenvalue weighted by molar-refractivity contribution is 14.0. The molecule has 0 spiro atoms. The Labute approximate surface area is 144 Å². The highest BCUT2D eigenvalue weighted by Crippen LogP contribution is 2.24. The molecule has 3 N–H and O–H groups in total. The van der Waals surface area contributed by atoms with Gasteiger partial charge in [-0.25, -0.2) is 4.99 Å². The van der Waals surface area contributed by atoms with Crippen molar-refractivity contribution in [3.8, 4) is 0 Å². The molecular formula is C15H28IN3O2. The molecule has 0 atom stereocenters. The summed E-state index contributed by atoms with van der Waals surface area (Å²) < 4.78 is 5.27. The molecule has 0 saturated carbocycles. The maximum atomic E-state index is 9.58. The van der Waals surface area contributed by atoms with E-state index in [1.807, 2.05) is 19.1 Å². The van der Waals surface area contributed by atoms with Crippen LogP contribution in [0.25, 0.3) is 0 Å². The average Bonchev–Trinajstić information content (AvgIpc) is 3.00. The van der Waals surface area contributed by atoms with Gasteiger partial charge in [-0.3, -0.25) is 0 Å². The van der Waals surface area contributed by atoms with Crippen LogP contribution in [0.4, 0.5) is 0 Å². The largest absolute Gasteiger partial charge is 0.467 e. The second-order valence-electron chi connectivity index (χ2n) is 4.99. The maximum Gasteiger partial charge on any atom is 0.191 e. The molecule has 0 saturated heterocycles. The number of nitrogens with zero attached hydrogens (tertiary/aromatic N) is 1. The smallest absolute Gasteiger partial charge is 0.191 e. The van der Waals surface area contributed by atoms with E-state index >= 15 is 0 Å². The molecule has 0 fully saturated rings. The number of aliphatic hydroxyl groups is 1. The van der Waals surface area contributed by atoms with Crippen molar-refractivity contribution in [1.82, 2.24) is 10.6 Å². The Hall–Kier alpha value is -0.760. The summed E-state index contributed by atoms with van der Waals surface area (Å²) in [6.07, 6.45) is 3.52. The van der Waals surface area contributed by atoms with Gasteiger partial charge in [0.05, 0.1) is 12.9 Å². The minimum atomic E-state index is -0.0825. The summed E-state index contributed by atoms with van der Waals surface area (Å²) in [6.45, 7) is 8.44. The molecule has 122 valence electrons. The predicted octanol–water partition coefficient (Wildman–Crippen LogP) is 2.75. The lowest BCUT2D eigenvalue weighted by atomic mass is 9.83. The third-order valence-corrected chi connectivity index (χ3v) is 3.78. The highest BCUT2D eigenvalue weighted by atomic mass is 127. The molecule has 0 aliphatic rings. The topological polar surface area (TPSA) is 69.8 Å². The lowest BCUT2D eigenvalue weighted by Crippen LogP contribution is -2.44. The molecule has 0 radical (unpaired) electrons. The first kappa shape index (κ1) is 20.2. The van der Waals surface area contributed by atoms with E-state index in [9.17, 15) is 5.11 Å². The van der Waals surface area contributed by atoms with E-state index in [0.717, 1.165) is 31.1 Å². The SMILES string of the molecule is CCNC(=NCc1ccco1)NCC(CC)(CC)CO.I. The normalized spacial score (nSPS) is 11.9. The van der Waals surface area contributed by atoms with Gasteiger partial charge in [-0.15, -0.1) is 24.0 Å². The molecule has 1 heterocycles. The number of nitrogens with one attached hydrogen (secondary N) is 2. The van der Waals surface area contributed by atoms with Crippen LogP contribution in [0.3, 0.4) is 0 Å². The number of furan rings is 1. The Morgan fingerprint density at radius 3 is 2.48 bits per heavy atom. The van der Waals surface area contributed by atoms with Crippen LogP contribution in [0.1, 0.15) is 39.4 Å². The molecular weight excluding hydrogens is 381 g/mol. The molecule has 0 aliphatic carbocycles. The van der Waals surface area contributed by atoms with Gasteiger partial charge in [0.2, 0.25) is 0 Å². The van der Waals surface area contributed by atoms with Crippen LogP contribution in [-0.2, 0) is 6.54 Å². The first-order chi connectivity index (χ1) is 9.69. The summed E-state index contributed by atoms with van der Waals surface area (Å²) in [7, 11) is 0. The quantitative estimate of drug-likeness (QED) is 0.351. The second-order valence-corrected chi connectivity index (χ2v) is 4.99. The molecule has 5 nitrogen and oxygen atoms in total. The van der Waals surface area contributed by atoms with Crippen molar-refractivity contribution in [2.75, 3.05) is 19.7 Å². The Balaban J connectivity index is 0.00000400. The summed E-state index contributed by atoms with van der Waals surface area (Å²) in [5, 5.41) is 16.1. The first-order valence-corrected chi connectivity index (χ1v) is 7.35. The zero-order valence-electron chi connectivity index (χ0n) is 13.2. The molecule has 21 heavy (non-hydrogen) atoms. The van der Waals surface area contributed by atoms with Crippen LogP contribution >= 0.6 is 24.0 Å². The summed E-state index contributed by atoms with van der Waals surface area (Å²) in [5.74, 6) is 1.59. The fourth-order valence-corrected chi connectivity index (χ4v) is 1.95. The van der Waals surface area contributed by atoms with Gasteiger partial charge in [0.1, 0.15) is 12.3 Å². The van der Waals surface area contributed by atoms with Gasteiger partial charge < -0.3 is 20.2 Å². The number of aliphatic imine (C=N–C) groups is 1. The molecule has 1 aromatic rings. The second kappa shape index (κ2) is 10.9. The summed E-state index contributed by atoms with van der Waals surface area (Å²) in [6, 6.07) is 3.76. The summed E-state index contributed by atoms with van der Waals surface area (Å²) >= 11 is 0. The minimum absolute atomic E-state index is 0. The van der Waals surface area contributed by atoms with Gasteiger partial charge in [0.25, 0.3) is 0 Å². The van der Waals surface area contributed by atoms with Gasteiger partial charge in [-0.05, 0) is 31.9 Å². The number of guanidine groups is 1. The average molecular weight is 409 g/mol. The highest BCUT2D eigenvalue weighted by Gasteiger charge is 2.25. The fourth-order valence-electron chi connectivity index (χ4n) is 1.95. The third-order valence-electron chi connectivity index (χ3n) is 3.78. The van der Waals surface area contributed by atoms with Crippen LogP contribution in [0.2, 0.25) is 0 Å². The zero-order chi connectivity index (χ0) is 14.8. The van der Waals surface area contributed by atoms with Crippen molar-refractivity contribution in [1.29, 1.82) is 0 Å². The maximum absolute atomic E-state index is 9.58. The van der Waals surface area contributed by atoms with Crippen LogP contribution in [0, 0.1) is 5.41 Å². The lowest BCUT2D eigenvalue weighted by molar-refractivity contribution is 0.118. The van der Waals surface area contributed by atoms with E-state index in [1.54, 1.807) is 6.26 Å². The van der Waals surface area contributed by atoms with E-state index in [4.69, 9.17) is 4.42 Å². The Bertz CT molecular complexity index is 381. The Morgan fingerprint density at radius 2 is 2.00 bits per heavy atom. The number of aliphatic hydroxyl groups excluding tert-OH is 1. The van der Waals surface area contributed by atoms with Crippen LogP contribution in [0.5, 0.6) is 0 Å². The van der Waals surface area contributed by atoms with Crippen molar-refractivity contribution in [2.24, 2.45) is 10.4 Å². The Morgan fingerprint density at radius 1 is 1.29 bits per heavy atom. The van der Waals surface area contributed by atoms with Gasteiger partial charge in [0, 0.05) is 18.5 Å². The van der Waals surface area contributed by atoms with E-state index < -0.39 is 0 Å². The Kier molecular flexibility index (Phi) is 10.5. The van der Waals surface area contributed by atoms with Crippen LogP contribution < -0.4 is 10.6 Å². The van der Waals surface area contributed by atoms with Crippen LogP contribution in [-0.4, -0.2) is 30.8 Å². The van der Waals surface area contributed by atoms with Crippen molar-refractivity contribution in [3.63, 3.8) is 0 Å². The predicted molar refractivity (Wildman–Crippen MR) is 97.0 cm³/mol. The van der Waals surface area contributed by atoms with E-state index in [-0.39, 0.29) is 36.0 Å². The molecule has 0 aliphatic heterocycles. The monoisotopic (exact) mass is 409 g/mol. The molecule has 0 amide bonds. The summed E-state index contributed by atoms with van der Waals surface area (Å²) in [4.78, 5) is 4.48. The van der Waals surface area contributed by atoms with E-state index in [0.29, 0.717) is 13.1 Å². The van der Waals surface area contributed by atoms with E-state index in [2.05, 4.69) is 29.5 Å². The molecule has 0 aromatic carbocycles. The first-order valence-electron chi connectivity index (χ1n) is 7.35. The van der Waals surface area contributed by atoms with Crippen molar-refractivity contribution >= 4 is 29.9 Å².